The first-order valence-corrected chi connectivity index (χ1v) is 6.96. The maximum atomic E-state index is 11.0. The Labute approximate surface area is 132 Å². The molecule has 1 N–H and O–H groups in total. The normalized spacial score (nSPS) is 10.3. The Morgan fingerprint density at radius 2 is 2.04 bits per heavy atom. The molecule has 0 aliphatic heterocycles. The van der Waals surface area contributed by atoms with Crippen LogP contribution < -0.4 is 10.4 Å². The summed E-state index contributed by atoms with van der Waals surface area (Å²) in [4.78, 5) is 23.6. The number of nitrogens with zero attached hydrogens (tertiary/aromatic N) is 3. The molecule has 3 rings (SSSR count). The standard InChI is InChI=1S/C17H14N4O2/c1-11-4-5-12(16(22)23)9-15(11)21-17-19-8-6-14(20-17)13-3-2-7-18-10-13/h2-10H,1H3,(H,22,23)(H,19,20,21)/p-1. The largest absolute Gasteiger partial charge is 0.545 e. The van der Waals surface area contributed by atoms with Gasteiger partial charge >= 0.3 is 0 Å². The SMILES string of the molecule is Cc1ccc(C(=O)[O-])cc1Nc1nccc(-c2cccnc2)n1. The molecule has 3 aromatic rings. The Balaban J connectivity index is 1.92. The highest BCUT2D eigenvalue weighted by atomic mass is 16.4. The third kappa shape index (κ3) is 3.32. The van der Waals surface area contributed by atoms with Gasteiger partial charge in [0.2, 0.25) is 5.95 Å². The van der Waals surface area contributed by atoms with Gasteiger partial charge in [-0.15, -0.1) is 0 Å². The lowest BCUT2D eigenvalue weighted by Crippen LogP contribution is -2.22. The molecule has 0 fully saturated rings. The first kappa shape index (κ1) is 14.6. The van der Waals surface area contributed by atoms with Crippen LogP contribution in [0.25, 0.3) is 11.3 Å². The van der Waals surface area contributed by atoms with Crippen molar-refractivity contribution in [2.75, 3.05) is 5.32 Å². The monoisotopic (exact) mass is 305 g/mol. The zero-order valence-electron chi connectivity index (χ0n) is 12.4. The van der Waals surface area contributed by atoms with Gasteiger partial charge in [-0.05, 0) is 42.3 Å². The molecule has 2 aromatic heterocycles. The van der Waals surface area contributed by atoms with Crippen molar-refractivity contribution in [3.63, 3.8) is 0 Å². The zero-order chi connectivity index (χ0) is 16.2. The van der Waals surface area contributed by atoms with E-state index < -0.39 is 5.97 Å². The zero-order valence-corrected chi connectivity index (χ0v) is 12.4. The predicted octanol–water partition coefficient (Wildman–Crippen LogP) is 1.95. The Morgan fingerprint density at radius 3 is 2.78 bits per heavy atom. The molecule has 1 aromatic carbocycles. The van der Waals surface area contributed by atoms with E-state index in [0.29, 0.717) is 11.6 Å². The number of aromatic nitrogens is 3. The Bertz CT molecular complexity index is 850. The lowest BCUT2D eigenvalue weighted by Gasteiger charge is -2.11. The average Bonchev–Trinajstić information content (AvgIpc) is 2.58. The van der Waals surface area contributed by atoms with Gasteiger partial charge in [0, 0.05) is 29.8 Å². The molecule has 0 radical (unpaired) electrons. The fourth-order valence-electron chi connectivity index (χ4n) is 2.10. The minimum Gasteiger partial charge on any atom is -0.545 e. The van der Waals surface area contributed by atoms with Crippen molar-refractivity contribution < 1.29 is 9.90 Å². The van der Waals surface area contributed by atoms with E-state index in [4.69, 9.17) is 0 Å². The van der Waals surface area contributed by atoms with E-state index in [0.717, 1.165) is 16.8 Å². The van der Waals surface area contributed by atoms with E-state index in [1.165, 1.54) is 12.1 Å². The van der Waals surface area contributed by atoms with Gasteiger partial charge in [0.15, 0.2) is 0 Å². The van der Waals surface area contributed by atoms with E-state index in [2.05, 4.69) is 20.3 Å². The van der Waals surface area contributed by atoms with E-state index in [9.17, 15) is 9.90 Å². The summed E-state index contributed by atoms with van der Waals surface area (Å²) < 4.78 is 0. The molecular formula is C17H13N4O2-. The second-order valence-corrected chi connectivity index (χ2v) is 4.95. The number of carboxylic acids is 1. The number of anilines is 2. The van der Waals surface area contributed by atoms with E-state index >= 15 is 0 Å². The Hall–Kier alpha value is -3.28. The topological polar surface area (TPSA) is 90.8 Å². The number of rotatable bonds is 4. The van der Waals surface area contributed by atoms with Crippen molar-refractivity contribution in [2.24, 2.45) is 0 Å². The highest BCUT2D eigenvalue weighted by molar-refractivity contribution is 5.87. The Morgan fingerprint density at radius 1 is 1.17 bits per heavy atom. The Kier molecular flexibility index (Phi) is 3.97. The number of pyridine rings is 1. The molecule has 0 saturated heterocycles. The van der Waals surface area contributed by atoms with Gasteiger partial charge < -0.3 is 15.2 Å². The van der Waals surface area contributed by atoms with E-state index in [-0.39, 0.29) is 5.56 Å². The van der Waals surface area contributed by atoms with Gasteiger partial charge in [-0.1, -0.05) is 12.1 Å². The van der Waals surface area contributed by atoms with Crippen LogP contribution in [0, 0.1) is 6.92 Å². The molecule has 6 nitrogen and oxygen atoms in total. The minimum absolute atomic E-state index is 0.0986. The molecule has 0 amide bonds. The fourth-order valence-corrected chi connectivity index (χ4v) is 2.10. The number of nitrogens with one attached hydrogen (secondary N) is 1. The van der Waals surface area contributed by atoms with Crippen molar-refractivity contribution in [2.45, 2.75) is 6.92 Å². The van der Waals surface area contributed by atoms with E-state index in [1.54, 1.807) is 30.7 Å². The molecule has 0 unspecified atom stereocenters. The average molecular weight is 305 g/mol. The third-order valence-corrected chi connectivity index (χ3v) is 3.33. The number of hydrogen-bond acceptors (Lipinski definition) is 6. The first-order chi connectivity index (χ1) is 11.1. The summed E-state index contributed by atoms with van der Waals surface area (Å²) in [7, 11) is 0. The number of aryl methyl sites for hydroxylation is 1. The van der Waals surface area contributed by atoms with Crippen LogP contribution in [0.2, 0.25) is 0 Å². The minimum atomic E-state index is -1.22. The van der Waals surface area contributed by atoms with E-state index in [1.807, 2.05) is 19.1 Å². The van der Waals surface area contributed by atoms with Gasteiger partial charge in [-0.2, -0.15) is 0 Å². The number of carboxylic acid groups (broad SMARTS) is 1. The number of carbonyl (C=O) groups is 1. The number of hydrogen-bond donors (Lipinski definition) is 1. The second-order valence-electron chi connectivity index (χ2n) is 4.95. The molecule has 0 spiro atoms. The van der Waals surface area contributed by atoms with Gasteiger partial charge in [-0.25, -0.2) is 9.97 Å². The van der Waals surface area contributed by atoms with Crippen molar-refractivity contribution in [3.05, 3.63) is 66.1 Å². The van der Waals surface area contributed by atoms with Crippen molar-refractivity contribution >= 4 is 17.6 Å². The second kappa shape index (κ2) is 6.23. The molecule has 114 valence electrons. The molecule has 6 heteroatoms. The summed E-state index contributed by atoms with van der Waals surface area (Å²) in [5.74, 6) is -0.844. The smallest absolute Gasteiger partial charge is 0.227 e. The highest BCUT2D eigenvalue weighted by Gasteiger charge is 2.06. The van der Waals surface area contributed by atoms with Gasteiger partial charge in [-0.3, -0.25) is 4.98 Å². The predicted molar refractivity (Wildman–Crippen MR) is 84.1 cm³/mol. The van der Waals surface area contributed by atoms with Crippen LogP contribution in [-0.2, 0) is 0 Å². The number of benzene rings is 1. The number of aromatic carboxylic acids is 1. The summed E-state index contributed by atoms with van der Waals surface area (Å²) >= 11 is 0. The first-order valence-electron chi connectivity index (χ1n) is 6.96. The highest BCUT2D eigenvalue weighted by Crippen LogP contribution is 2.22. The van der Waals surface area contributed by atoms with Crippen LogP contribution >= 0.6 is 0 Å². The summed E-state index contributed by atoms with van der Waals surface area (Å²) in [5.41, 5.74) is 3.20. The van der Waals surface area contributed by atoms with Crippen molar-refractivity contribution in [3.8, 4) is 11.3 Å². The molecular weight excluding hydrogens is 292 g/mol. The quantitative estimate of drug-likeness (QED) is 0.792. The molecule has 2 heterocycles. The molecule has 0 bridgehead atoms. The summed E-state index contributed by atoms with van der Waals surface area (Å²) in [6.45, 7) is 1.87. The number of carbonyl (C=O) groups excluding carboxylic acids is 1. The van der Waals surface area contributed by atoms with Crippen LogP contribution in [0.1, 0.15) is 15.9 Å². The fraction of sp³-hybridized carbons (Fsp3) is 0.0588. The van der Waals surface area contributed by atoms with Gasteiger partial charge in [0.05, 0.1) is 11.7 Å². The molecule has 0 atom stereocenters. The summed E-state index contributed by atoms with van der Waals surface area (Å²) in [6, 6.07) is 10.2. The maximum absolute atomic E-state index is 11.0. The van der Waals surface area contributed by atoms with Crippen LogP contribution in [0.4, 0.5) is 11.6 Å². The maximum Gasteiger partial charge on any atom is 0.227 e. The van der Waals surface area contributed by atoms with Gasteiger partial charge in [0.1, 0.15) is 0 Å². The lowest BCUT2D eigenvalue weighted by atomic mass is 10.1. The van der Waals surface area contributed by atoms with Crippen LogP contribution in [0.3, 0.4) is 0 Å². The van der Waals surface area contributed by atoms with Crippen LogP contribution in [0.15, 0.2) is 55.0 Å². The lowest BCUT2D eigenvalue weighted by molar-refractivity contribution is -0.255. The van der Waals surface area contributed by atoms with Gasteiger partial charge in [0.25, 0.3) is 0 Å². The molecule has 0 saturated carbocycles. The van der Waals surface area contributed by atoms with Crippen LogP contribution in [0.5, 0.6) is 0 Å². The van der Waals surface area contributed by atoms with Crippen molar-refractivity contribution in [1.82, 2.24) is 15.0 Å². The molecule has 0 aliphatic carbocycles. The molecule has 23 heavy (non-hydrogen) atoms. The third-order valence-electron chi connectivity index (χ3n) is 3.33. The van der Waals surface area contributed by atoms with Crippen LogP contribution in [-0.4, -0.2) is 20.9 Å². The molecule has 0 aliphatic rings. The summed E-state index contributed by atoms with van der Waals surface area (Å²) in [6.07, 6.45) is 5.04. The summed E-state index contributed by atoms with van der Waals surface area (Å²) in [5, 5.41) is 14.0. The van der Waals surface area contributed by atoms with Crippen molar-refractivity contribution in [1.29, 1.82) is 0 Å².